The zero-order chi connectivity index (χ0) is 11.8. The van der Waals surface area contributed by atoms with Crippen molar-refractivity contribution < 1.29 is 0 Å². The smallest absolute Gasteiger partial charge is 0.0307 e. The summed E-state index contributed by atoms with van der Waals surface area (Å²) in [6, 6.07) is 0. The lowest BCUT2D eigenvalue weighted by atomic mass is 9.77. The summed E-state index contributed by atoms with van der Waals surface area (Å²) in [5.41, 5.74) is 0. The maximum Gasteiger partial charge on any atom is 0.0307 e. The molecule has 0 nitrogen and oxygen atoms in total. The summed E-state index contributed by atoms with van der Waals surface area (Å²) in [6.45, 7) is 0. The average molecular weight is 277 g/mol. The molecule has 2 radical (unpaired) electrons. The van der Waals surface area contributed by atoms with Crippen molar-refractivity contribution in [3.05, 3.63) is 11.0 Å². The van der Waals surface area contributed by atoms with Crippen molar-refractivity contribution in [1.29, 1.82) is 0 Å². The zero-order valence-electron chi connectivity index (χ0n) is 9.94. The Morgan fingerprint density at radius 2 is 1.94 bits per heavy atom. The molecular formula is C13H24S3. The topological polar surface area (TPSA) is 0 Å². The van der Waals surface area contributed by atoms with Crippen molar-refractivity contribution in [2.45, 2.75) is 51.4 Å². The van der Waals surface area contributed by atoms with Crippen molar-refractivity contribution in [3.63, 3.8) is 0 Å². The normalized spacial score (nSPS) is 26.2. The largest absolute Gasteiger partial charge is 0.179 e. The number of hydrogen-bond donors (Lipinski definition) is 3. The predicted octanol–water partition coefficient (Wildman–Crippen LogP) is 4.84. The number of rotatable bonds is 7. The molecule has 0 aromatic heterocycles. The summed E-state index contributed by atoms with van der Waals surface area (Å²) in [5, 5.41) is 1.43. The highest BCUT2D eigenvalue weighted by atomic mass is 32.1. The summed E-state index contributed by atoms with van der Waals surface area (Å²) in [5.74, 6) is 4.49. The maximum absolute atomic E-state index is 4.74. The van der Waals surface area contributed by atoms with Crippen LogP contribution in [0.3, 0.4) is 0 Å². The van der Waals surface area contributed by atoms with Gasteiger partial charge in [0.15, 0.2) is 0 Å². The highest BCUT2D eigenvalue weighted by molar-refractivity contribution is 7.83. The Hall–Kier alpha value is 1.05. The Bertz CT molecular complexity index is 173. The van der Waals surface area contributed by atoms with Crippen molar-refractivity contribution in [1.82, 2.24) is 0 Å². The second-order valence-electron chi connectivity index (χ2n) is 4.75. The van der Waals surface area contributed by atoms with E-state index in [0.29, 0.717) is 0 Å². The third-order valence-corrected chi connectivity index (χ3v) is 4.87. The van der Waals surface area contributed by atoms with Crippen LogP contribution in [0.25, 0.3) is 0 Å². The third kappa shape index (κ3) is 5.14. The van der Waals surface area contributed by atoms with E-state index in [-0.39, 0.29) is 0 Å². The lowest BCUT2D eigenvalue weighted by Crippen LogP contribution is -2.24. The Balaban J connectivity index is 2.24. The quantitative estimate of drug-likeness (QED) is 0.430. The van der Waals surface area contributed by atoms with Crippen molar-refractivity contribution >= 4 is 37.9 Å². The van der Waals surface area contributed by atoms with Crippen LogP contribution in [0.2, 0.25) is 0 Å². The van der Waals surface area contributed by atoms with Gasteiger partial charge in [-0.05, 0) is 43.3 Å². The van der Waals surface area contributed by atoms with Crippen LogP contribution >= 0.6 is 37.9 Å². The summed E-state index contributed by atoms with van der Waals surface area (Å²) >= 11 is 13.3. The van der Waals surface area contributed by atoms with Crippen LogP contribution in [-0.4, -0.2) is 5.75 Å². The molecule has 0 saturated heterocycles. The van der Waals surface area contributed by atoms with Crippen LogP contribution in [0.5, 0.6) is 0 Å². The standard InChI is InChI=1S/C13H24S3/c14-9-5-1-2-8-13(16)12-7-4-3-6-11(12)10-15/h9,11-12,14-16H,1-8,10H2. The van der Waals surface area contributed by atoms with Gasteiger partial charge in [-0.2, -0.15) is 37.9 Å². The molecule has 1 aliphatic rings. The number of hydrogen-bond acceptors (Lipinski definition) is 3. The second-order valence-corrected chi connectivity index (χ2v) is 6.06. The van der Waals surface area contributed by atoms with Gasteiger partial charge in [0.1, 0.15) is 0 Å². The SMILES string of the molecule is S[CH]CCCC[C](S)C1CCCCC1CS. The Kier molecular flexibility index (Phi) is 8.54. The molecule has 0 aromatic carbocycles. The molecule has 0 heterocycles. The second kappa shape index (κ2) is 9.04. The van der Waals surface area contributed by atoms with Crippen LogP contribution in [0.1, 0.15) is 51.4 Å². The minimum Gasteiger partial charge on any atom is -0.179 e. The van der Waals surface area contributed by atoms with Gasteiger partial charge >= 0.3 is 0 Å². The van der Waals surface area contributed by atoms with E-state index in [1.807, 2.05) is 5.75 Å². The first-order valence-corrected chi connectivity index (χ1v) is 8.00. The molecule has 1 rings (SSSR count). The fourth-order valence-corrected chi connectivity index (χ4v) is 3.71. The van der Waals surface area contributed by atoms with Gasteiger partial charge in [-0.15, -0.1) is 0 Å². The number of unbranched alkanes of at least 4 members (excludes halogenated alkanes) is 2. The highest BCUT2D eigenvalue weighted by Crippen LogP contribution is 2.40. The molecule has 0 aromatic rings. The molecule has 1 aliphatic carbocycles. The van der Waals surface area contributed by atoms with E-state index in [4.69, 9.17) is 12.6 Å². The maximum atomic E-state index is 4.74. The van der Waals surface area contributed by atoms with Gasteiger partial charge in [0, 0.05) is 11.0 Å². The molecule has 0 amide bonds. The molecule has 3 heteroatoms. The van der Waals surface area contributed by atoms with Gasteiger partial charge in [-0.25, -0.2) is 0 Å². The monoisotopic (exact) mass is 276 g/mol. The minimum absolute atomic E-state index is 0.731. The summed E-state index contributed by atoms with van der Waals surface area (Å²) in [6.07, 6.45) is 10.2. The molecule has 0 aliphatic heterocycles. The first kappa shape index (κ1) is 15.1. The Morgan fingerprint density at radius 1 is 1.19 bits per heavy atom. The van der Waals surface area contributed by atoms with Crippen LogP contribution < -0.4 is 0 Å². The van der Waals surface area contributed by atoms with Gasteiger partial charge in [0.25, 0.3) is 0 Å². The van der Waals surface area contributed by atoms with Crippen LogP contribution in [0, 0.1) is 22.8 Å². The number of thiol groups is 3. The van der Waals surface area contributed by atoms with Crippen LogP contribution in [-0.2, 0) is 0 Å². The average Bonchev–Trinajstić information content (AvgIpc) is 2.34. The van der Waals surface area contributed by atoms with E-state index in [9.17, 15) is 0 Å². The molecular weight excluding hydrogens is 252 g/mol. The van der Waals surface area contributed by atoms with Gasteiger partial charge < -0.3 is 0 Å². The summed E-state index contributed by atoms with van der Waals surface area (Å²) < 4.78 is 0. The lowest BCUT2D eigenvalue weighted by Gasteiger charge is -2.34. The molecule has 0 bridgehead atoms. The Morgan fingerprint density at radius 3 is 2.62 bits per heavy atom. The van der Waals surface area contributed by atoms with E-state index in [1.165, 1.54) is 50.2 Å². The first-order valence-electron chi connectivity index (χ1n) is 6.41. The fourth-order valence-electron chi connectivity index (χ4n) is 2.59. The molecule has 2 unspecified atom stereocenters. The van der Waals surface area contributed by atoms with Crippen LogP contribution in [0.4, 0.5) is 0 Å². The van der Waals surface area contributed by atoms with E-state index in [1.54, 1.807) is 0 Å². The molecule has 2 atom stereocenters. The van der Waals surface area contributed by atoms with E-state index < -0.39 is 0 Å². The molecule has 0 spiro atoms. The van der Waals surface area contributed by atoms with E-state index in [0.717, 1.165) is 24.0 Å². The lowest BCUT2D eigenvalue weighted by molar-refractivity contribution is 0.282. The van der Waals surface area contributed by atoms with E-state index >= 15 is 0 Å². The summed E-state index contributed by atoms with van der Waals surface area (Å²) in [7, 11) is 0. The van der Waals surface area contributed by atoms with Gasteiger partial charge in [-0.1, -0.05) is 25.7 Å². The molecule has 16 heavy (non-hydrogen) atoms. The van der Waals surface area contributed by atoms with Gasteiger partial charge in [0.05, 0.1) is 0 Å². The van der Waals surface area contributed by atoms with Gasteiger partial charge in [0.2, 0.25) is 0 Å². The molecule has 94 valence electrons. The minimum atomic E-state index is 0.731. The predicted molar refractivity (Wildman–Crippen MR) is 83.3 cm³/mol. The van der Waals surface area contributed by atoms with Crippen molar-refractivity contribution in [2.75, 3.05) is 5.75 Å². The fraction of sp³-hybridized carbons (Fsp3) is 0.846. The van der Waals surface area contributed by atoms with Gasteiger partial charge in [-0.3, -0.25) is 0 Å². The van der Waals surface area contributed by atoms with Crippen molar-refractivity contribution in [2.24, 2.45) is 11.8 Å². The first-order chi connectivity index (χ1) is 7.79. The Labute approximate surface area is 118 Å². The highest BCUT2D eigenvalue weighted by Gasteiger charge is 2.29. The third-order valence-electron chi connectivity index (χ3n) is 3.59. The van der Waals surface area contributed by atoms with Crippen molar-refractivity contribution in [3.8, 4) is 0 Å². The zero-order valence-corrected chi connectivity index (χ0v) is 12.6. The summed E-state index contributed by atoms with van der Waals surface area (Å²) in [4.78, 5) is 0. The molecule has 1 saturated carbocycles. The van der Waals surface area contributed by atoms with Crippen LogP contribution in [0.15, 0.2) is 0 Å². The van der Waals surface area contributed by atoms with E-state index in [2.05, 4.69) is 25.3 Å². The molecule has 1 fully saturated rings. The molecule has 0 N–H and O–H groups in total.